The molecule has 0 saturated carbocycles. The van der Waals surface area contributed by atoms with Crippen LogP contribution in [0.3, 0.4) is 0 Å². The Balaban J connectivity index is 1.52. The molecule has 0 atom stereocenters. The minimum absolute atomic E-state index is 1.02. The first-order valence-electron chi connectivity index (χ1n) is 12.6. The number of hydrogen-bond acceptors (Lipinski definition) is 3. The summed E-state index contributed by atoms with van der Waals surface area (Å²) < 4.78 is 0. The molecule has 5 aromatic rings. The summed E-state index contributed by atoms with van der Waals surface area (Å²) in [5.41, 5.74) is 10.2. The molecule has 5 aromatic carbocycles. The Morgan fingerprint density at radius 2 is 1.11 bits per heavy atom. The molecule has 3 heteroatoms. The predicted molar refractivity (Wildman–Crippen MR) is 158 cm³/mol. The van der Waals surface area contributed by atoms with Crippen molar-refractivity contribution >= 4 is 34.7 Å². The Morgan fingerprint density at radius 3 is 1.73 bits per heavy atom. The standard InChI is InChI=1S/C34H31N3/c1-26-13-12-19-32(23-26)36(34-20-11-10-14-27(34)2)33-22-21-29(28(3)24-33)25-35-37(30-15-6-4-7-16-30)31-17-8-5-9-18-31/h4-25H,1-3H3/b35-25-. The van der Waals surface area contributed by atoms with Gasteiger partial charge in [0, 0.05) is 17.1 Å². The number of anilines is 5. The van der Waals surface area contributed by atoms with Crippen molar-refractivity contribution in [1.29, 1.82) is 0 Å². The normalized spacial score (nSPS) is 11.0. The molecule has 0 aliphatic heterocycles. The van der Waals surface area contributed by atoms with E-state index in [1.165, 1.54) is 16.8 Å². The third-order valence-electron chi connectivity index (χ3n) is 6.44. The van der Waals surface area contributed by atoms with Gasteiger partial charge in [-0.25, -0.2) is 5.01 Å². The van der Waals surface area contributed by atoms with Crippen LogP contribution in [-0.4, -0.2) is 6.21 Å². The SMILES string of the molecule is Cc1cccc(N(c2ccc(/C=N\N(c3ccccc3)c3ccccc3)c(C)c2)c2ccccc2C)c1. The fraction of sp³-hybridized carbons (Fsp3) is 0.0882. The number of nitrogens with zero attached hydrogens (tertiary/aromatic N) is 3. The summed E-state index contributed by atoms with van der Waals surface area (Å²) in [6, 6.07) is 44.2. The third kappa shape index (κ3) is 5.46. The summed E-state index contributed by atoms with van der Waals surface area (Å²) >= 11 is 0. The minimum atomic E-state index is 1.02. The third-order valence-corrected chi connectivity index (χ3v) is 6.44. The van der Waals surface area contributed by atoms with Gasteiger partial charge in [0.1, 0.15) is 0 Å². The Labute approximate surface area is 220 Å². The molecule has 0 aromatic heterocycles. The summed E-state index contributed by atoms with van der Waals surface area (Å²) in [6.07, 6.45) is 1.95. The zero-order valence-corrected chi connectivity index (χ0v) is 21.5. The van der Waals surface area contributed by atoms with Crippen LogP contribution in [0, 0.1) is 20.8 Å². The van der Waals surface area contributed by atoms with Gasteiger partial charge in [-0.3, -0.25) is 0 Å². The minimum Gasteiger partial charge on any atom is -0.310 e. The number of hydrogen-bond donors (Lipinski definition) is 0. The van der Waals surface area contributed by atoms with Crippen molar-refractivity contribution in [2.24, 2.45) is 5.10 Å². The maximum atomic E-state index is 4.91. The molecular weight excluding hydrogens is 450 g/mol. The molecule has 0 bridgehead atoms. The lowest BCUT2D eigenvalue weighted by atomic mass is 10.1. The Kier molecular flexibility index (Phi) is 7.14. The van der Waals surface area contributed by atoms with Crippen LogP contribution in [0.1, 0.15) is 22.3 Å². The number of benzene rings is 5. The quantitative estimate of drug-likeness (QED) is 0.170. The van der Waals surface area contributed by atoms with Crippen molar-refractivity contribution in [3.63, 3.8) is 0 Å². The van der Waals surface area contributed by atoms with E-state index in [4.69, 9.17) is 5.10 Å². The van der Waals surface area contributed by atoms with E-state index in [1.54, 1.807) is 0 Å². The van der Waals surface area contributed by atoms with Crippen LogP contribution in [0.25, 0.3) is 0 Å². The van der Waals surface area contributed by atoms with E-state index in [0.717, 1.165) is 33.9 Å². The van der Waals surface area contributed by atoms with Crippen LogP contribution in [0.15, 0.2) is 132 Å². The zero-order valence-electron chi connectivity index (χ0n) is 21.5. The largest absolute Gasteiger partial charge is 0.310 e. The summed E-state index contributed by atoms with van der Waals surface area (Å²) in [5, 5.41) is 6.88. The molecule has 0 heterocycles. The smallest absolute Gasteiger partial charge is 0.0652 e. The van der Waals surface area contributed by atoms with E-state index in [0.29, 0.717) is 0 Å². The van der Waals surface area contributed by atoms with Crippen molar-refractivity contribution in [1.82, 2.24) is 0 Å². The Hall–Kier alpha value is -4.63. The molecule has 3 nitrogen and oxygen atoms in total. The molecule has 0 aliphatic rings. The molecule has 0 amide bonds. The van der Waals surface area contributed by atoms with E-state index in [1.807, 2.05) is 47.6 Å². The maximum absolute atomic E-state index is 4.91. The molecule has 0 spiro atoms. The maximum Gasteiger partial charge on any atom is 0.0652 e. The monoisotopic (exact) mass is 481 g/mol. The van der Waals surface area contributed by atoms with Crippen LogP contribution in [0.2, 0.25) is 0 Å². The molecular formula is C34H31N3. The van der Waals surface area contributed by atoms with Crippen molar-refractivity contribution in [3.05, 3.63) is 150 Å². The van der Waals surface area contributed by atoms with Crippen molar-refractivity contribution < 1.29 is 0 Å². The van der Waals surface area contributed by atoms with Gasteiger partial charge in [-0.05, 0) is 97.6 Å². The van der Waals surface area contributed by atoms with E-state index >= 15 is 0 Å². The molecule has 0 fully saturated rings. The lowest BCUT2D eigenvalue weighted by molar-refractivity contribution is 1.09. The fourth-order valence-corrected chi connectivity index (χ4v) is 4.49. The summed E-state index contributed by atoms with van der Waals surface area (Å²) in [4.78, 5) is 2.33. The highest BCUT2D eigenvalue weighted by molar-refractivity contribution is 5.86. The van der Waals surface area contributed by atoms with E-state index in [2.05, 4.69) is 117 Å². The summed E-state index contributed by atoms with van der Waals surface area (Å²) in [5.74, 6) is 0. The van der Waals surface area contributed by atoms with Crippen LogP contribution in [0.4, 0.5) is 28.4 Å². The van der Waals surface area contributed by atoms with Crippen LogP contribution < -0.4 is 9.91 Å². The second-order valence-corrected chi connectivity index (χ2v) is 9.23. The second kappa shape index (κ2) is 11.0. The number of rotatable bonds is 7. The van der Waals surface area contributed by atoms with E-state index in [9.17, 15) is 0 Å². The van der Waals surface area contributed by atoms with Gasteiger partial charge in [-0.1, -0.05) is 72.8 Å². The number of aryl methyl sites for hydroxylation is 3. The first-order valence-corrected chi connectivity index (χ1v) is 12.6. The highest BCUT2D eigenvalue weighted by atomic mass is 15.5. The second-order valence-electron chi connectivity index (χ2n) is 9.23. The molecule has 37 heavy (non-hydrogen) atoms. The molecule has 0 saturated heterocycles. The number of para-hydroxylation sites is 3. The van der Waals surface area contributed by atoms with Crippen LogP contribution >= 0.6 is 0 Å². The molecule has 0 N–H and O–H groups in total. The first kappa shape index (κ1) is 24.1. The zero-order chi connectivity index (χ0) is 25.6. The van der Waals surface area contributed by atoms with E-state index in [-0.39, 0.29) is 0 Å². The fourth-order valence-electron chi connectivity index (χ4n) is 4.49. The highest BCUT2D eigenvalue weighted by Gasteiger charge is 2.15. The van der Waals surface area contributed by atoms with Gasteiger partial charge < -0.3 is 4.90 Å². The van der Waals surface area contributed by atoms with Gasteiger partial charge in [-0.15, -0.1) is 0 Å². The Bertz CT molecular complexity index is 1470. The van der Waals surface area contributed by atoms with Gasteiger partial charge in [0.05, 0.1) is 17.6 Å². The van der Waals surface area contributed by atoms with Crippen LogP contribution in [0.5, 0.6) is 0 Å². The topological polar surface area (TPSA) is 18.8 Å². The van der Waals surface area contributed by atoms with Crippen LogP contribution in [-0.2, 0) is 0 Å². The summed E-state index contributed by atoms with van der Waals surface area (Å²) in [7, 11) is 0. The van der Waals surface area contributed by atoms with Gasteiger partial charge in [-0.2, -0.15) is 5.10 Å². The first-order chi connectivity index (χ1) is 18.1. The molecule has 0 aliphatic carbocycles. The molecule has 5 rings (SSSR count). The van der Waals surface area contributed by atoms with E-state index < -0.39 is 0 Å². The van der Waals surface area contributed by atoms with Crippen molar-refractivity contribution in [3.8, 4) is 0 Å². The lowest BCUT2D eigenvalue weighted by Crippen LogP contribution is -2.12. The Morgan fingerprint density at radius 1 is 0.514 bits per heavy atom. The highest BCUT2D eigenvalue weighted by Crippen LogP contribution is 2.37. The molecule has 182 valence electrons. The summed E-state index contributed by atoms with van der Waals surface area (Å²) in [6.45, 7) is 6.44. The predicted octanol–water partition coefficient (Wildman–Crippen LogP) is 9.25. The van der Waals surface area contributed by atoms with Gasteiger partial charge in [0.25, 0.3) is 0 Å². The van der Waals surface area contributed by atoms with Gasteiger partial charge in [0.15, 0.2) is 0 Å². The lowest BCUT2D eigenvalue weighted by Gasteiger charge is -2.28. The van der Waals surface area contributed by atoms with Crippen molar-refractivity contribution in [2.75, 3.05) is 9.91 Å². The average Bonchev–Trinajstić information content (AvgIpc) is 2.92. The molecule has 0 unspecified atom stereocenters. The molecule has 0 radical (unpaired) electrons. The van der Waals surface area contributed by atoms with Gasteiger partial charge >= 0.3 is 0 Å². The number of hydrazone groups is 1. The van der Waals surface area contributed by atoms with Gasteiger partial charge in [0.2, 0.25) is 0 Å². The average molecular weight is 482 g/mol. The van der Waals surface area contributed by atoms with Crippen molar-refractivity contribution in [2.45, 2.75) is 20.8 Å².